The lowest BCUT2D eigenvalue weighted by Gasteiger charge is -2.28. The Hall–Kier alpha value is -1.67. The van der Waals surface area contributed by atoms with Gasteiger partial charge in [-0.25, -0.2) is 9.97 Å². The fourth-order valence-corrected chi connectivity index (χ4v) is 2.67. The lowest BCUT2D eigenvalue weighted by Crippen LogP contribution is -2.37. The summed E-state index contributed by atoms with van der Waals surface area (Å²) in [6.45, 7) is 4.33. The highest BCUT2D eigenvalue weighted by molar-refractivity contribution is 9.10. The van der Waals surface area contributed by atoms with Crippen LogP contribution in [0.5, 0.6) is 0 Å². The monoisotopic (exact) mass is 339 g/mol. The van der Waals surface area contributed by atoms with Gasteiger partial charge in [0.25, 0.3) is 0 Å². The Morgan fingerprint density at radius 3 is 2.75 bits per heavy atom. The van der Waals surface area contributed by atoms with Gasteiger partial charge in [-0.2, -0.15) is 0 Å². The number of halogens is 1. The van der Waals surface area contributed by atoms with Gasteiger partial charge < -0.3 is 19.5 Å². The predicted molar refractivity (Wildman–Crippen MR) is 72.8 cm³/mol. The SMILES string of the molecule is Cc1c(C(=O)[O-])nc2c(N3CCOCC3)nc(Br)cn12. The van der Waals surface area contributed by atoms with Gasteiger partial charge in [-0.05, 0) is 22.9 Å². The van der Waals surface area contributed by atoms with Crippen LogP contribution in [-0.4, -0.2) is 46.6 Å². The molecule has 0 bridgehead atoms. The second-order valence-electron chi connectivity index (χ2n) is 4.51. The maximum Gasteiger partial charge on any atom is 0.181 e. The minimum Gasteiger partial charge on any atom is -0.543 e. The Bertz CT molecular complexity index is 679. The zero-order chi connectivity index (χ0) is 14.3. The second kappa shape index (κ2) is 5.02. The molecule has 3 heterocycles. The van der Waals surface area contributed by atoms with Gasteiger partial charge in [0.2, 0.25) is 0 Å². The van der Waals surface area contributed by atoms with Crippen LogP contribution in [0.25, 0.3) is 5.65 Å². The van der Waals surface area contributed by atoms with Gasteiger partial charge in [-0.15, -0.1) is 0 Å². The lowest BCUT2D eigenvalue weighted by molar-refractivity contribution is -0.255. The van der Waals surface area contributed by atoms with Crippen molar-refractivity contribution in [3.05, 3.63) is 22.2 Å². The van der Waals surface area contributed by atoms with Crippen LogP contribution in [0.2, 0.25) is 0 Å². The van der Waals surface area contributed by atoms with Crippen molar-refractivity contribution in [1.82, 2.24) is 14.4 Å². The van der Waals surface area contributed by atoms with E-state index >= 15 is 0 Å². The first-order chi connectivity index (χ1) is 9.58. The maximum atomic E-state index is 11.1. The molecule has 0 radical (unpaired) electrons. The van der Waals surface area contributed by atoms with Crippen LogP contribution in [0.15, 0.2) is 10.8 Å². The Labute approximate surface area is 123 Å². The molecule has 0 aliphatic carbocycles. The molecule has 0 amide bonds. The number of carbonyl (C=O) groups excluding carboxylic acids is 1. The van der Waals surface area contributed by atoms with Crippen LogP contribution in [0.3, 0.4) is 0 Å². The molecule has 3 rings (SSSR count). The number of carboxylic acid groups (broad SMARTS) is 1. The summed E-state index contributed by atoms with van der Waals surface area (Å²) < 4.78 is 7.66. The van der Waals surface area contributed by atoms with E-state index in [2.05, 4.69) is 25.9 Å². The summed E-state index contributed by atoms with van der Waals surface area (Å²) >= 11 is 3.35. The number of ether oxygens (including phenoxy) is 1. The molecule has 0 saturated carbocycles. The third kappa shape index (κ3) is 2.14. The Morgan fingerprint density at radius 1 is 1.40 bits per heavy atom. The molecule has 1 aliphatic heterocycles. The van der Waals surface area contributed by atoms with Crippen LogP contribution < -0.4 is 10.0 Å². The summed E-state index contributed by atoms with van der Waals surface area (Å²) in [7, 11) is 0. The van der Waals surface area contributed by atoms with Crippen LogP contribution in [0.1, 0.15) is 16.2 Å². The number of imidazole rings is 1. The van der Waals surface area contributed by atoms with E-state index in [4.69, 9.17) is 4.74 Å². The smallest absolute Gasteiger partial charge is 0.181 e. The van der Waals surface area contributed by atoms with Crippen LogP contribution in [0, 0.1) is 6.92 Å². The van der Waals surface area contributed by atoms with E-state index in [-0.39, 0.29) is 5.69 Å². The standard InChI is InChI=1S/C12H13BrN4O3/c1-7-9(12(18)19)15-11-10(14-8(13)6-17(7)11)16-2-4-20-5-3-16/h6H,2-5H2,1H3,(H,18,19)/p-1. The Balaban J connectivity index is 2.20. The van der Waals surface area contributed by atoms with Gasteiger partial charge in [-0.3, -0.25) is 4.40 Å². The van der Waals surface area contributed by atoms with Gasteiger partial charge in [0.15, 0.2) is 11.5 Å². The number of nitrogens with zero attached hydrogens (tertiary/aromatic N) is 4. The van der Waals surface area contributed by atoms with Gasteiger partial charge in [-0.1, -0.05) is 0 Å². The highest BCUT2D eigenvalue weighted by Crippen LogP contribution is 2.24. The predicted octanol–water partition coefficient (Wildman–Crippen LogP) is 0.000320. The number of aromatic carboxylic acids is 1. The van der Waals surface area contributed by atoms with Crippen LogP contribution >= 0.6 is 15.9 Å². The molecule has 0 atom stereocenters. The third-order valence-corrected chi connectivity index (χ3v) is 3.68. The summed E-state index contributed by atoms with van der Waals surface area (Å²) in [6.07, 6.45) is 1.70. The number of aromatic nitrogens is 3. The first-order valence-corrected chi connectivity index (χ1v) is 6.96. The maximum absolute atomic E-state index is 11.1. The molecule has 1 fully saturated rings. The summed E-state index contributed by atoms with van der Waals surface area (Å²) in [4.78, 5) is 21.7. The van der Waals surface area contributed by atoms with Crippen molar-refractivity contribution < 1.29 is 14.6 Å². The average molecular weight is 340 g/mol. The molecule has 7 nitrogen and oxygen atoms in total. The van der Waals surface area contributed by atoms with E-state index in [0.29, 0.717) is 48.1 Å². The summed E-state index contributed by atoms with van der Waals surface area (Å²) in [6, 6.07) is 0. The van der Waals surface area contributed by atoms with E-state index in [9.17, 15) is 9.90 Å². The van der Waals surface area contributed by atoms with Gasteiger partial charge >= 0.3 is 0 Å². The topological polar surface area (TPSA) is 82.8 Å². The number of fused-ring (bicyclic) bond motifs is 1. The van der Waals surface area contributed by atoms with Crippen molar-refractivity contribution in [1.29, 1.82) is 0 Å². The fourth-order valence-electron chi connectivity index (χ4n) is 2.30. The van der Waals surface area contributed by atoms with Crippen molar-refractivity contribution >= 4 is 33.4 Å². The number of morpholine rings is 1. The van der Waals surface area contributed by atoms with Crippen molar-refractivity contribution in [3.63, 3.8) is 0 Å². The van der Waals surface area contributed by atoms with Gasteiger partial charge in [0.1, 0.15) is 10.3 Å². The molecular weight excluding hydrogens is 328 g/mol. The number of rotatable bonds is 2. The average Bonchev–Trinajstić information content (AvgIpc) is 2.77. The molecule has 0 spiro atoms. The minimum atomic E-state index is -1.28. The van der Waals surface area contributed by atoms with E-state index in [1.54, 1.807) is 17.5 Å². The molecule has 0 N–H and O–H groups in total. The first-order valence-electron chi connectivity index (χ1n) is 6.17. The van der Waals surface area contributed by atoms with Crippen molar-refractivity contribution in [2.75, 3.05) is 31.2 Å². The van der Waals surface area contributed by atoms with Gasteiger partial charge in [0.05, 0.1) is 19.2 Å². The fraction of sp³-hybridized carbons (Fsp3) is 0.417. The summed E-state index contributed by atoms with van der Waals surface area (Å²) in [5.74, 6) is -0.631. The Morgan fingerprint density at radius 2 is 2.10 bits per heavy atom. The highest BCUT2D eigenvalue weighted by atomic mass is 79.9. The molecule has 0 unspecified atom stereocenters. The number of carbonyl (C=O) groups is 1. The normalized spacial score (nSPS) is 15.8. The summed E-state index contributed by atoms with van der Waals surface area (Å²) in [5.41, 5.74) is 0.990. The second-order valence-corrected chi connectivity index (χ2v) is 5.33. The van der Waals surface area contributed by atoms with Crippen molar-refractivity contribution in [2.45, 2.75) is 6.92 Å². The van der Waals surface area contributed by atoms with Crippen LogP contribution in [-0.2, 0) is 4.74 Å². The van der Waals surface area contributed by atoms with Gasteiger partial charge in [0, 0.05) is 25.0 Å². The quantitative estimate of drug-likeness (QED) is 0.765. The molecule has 1 aliphatic rings. The summed E-state index contributed by atoms with van der Waals surface area (Å²) in [5, 5.41) is 11.1. The van der Waals surface area contributed by atoms with E-state index < -0.39 is 5.97 Å². The van der Waals surface area contributed by atoms with E-state index in [1.165, 1.54) is 0 Å². The lowest BCUT2D eigenvalue weighted by atomic mass is 10.3. The Kier molecular flexibility index (Phi) is 3.35. The van der Waals surface area contributed by atoms with Crippen molar-refractivity contribution in [3.8, 4) is 0 Å². The van der Waals surface area contributed by atoms with Crippen LogP contribution in [0.4, 0.5) is 5.82 Å². The van der Waals surface area contributed by atoms with E-state index in [0.717, 1.165) is 0 Å². The zero-order valence-corrected chi connectivity index (χ0v) is 12.4. The molecule has 2 aromatic heterocycles. The molecule has 0 aromatic carbocycles. The third-order valence-electron chi connectivity index (χ3n) is 3.30. The van der Waals surface area contributed by atoms with E-state index in [1.807, 2.05) is 4.90 Å². The number of hydrogen-bond donors (Lipinski definition) is 0. The molecular formula is C12H12BrN4O3-. The molecule has 1 saturated heterocycles. The molecule has 8 heteroatoms. The first kappa shape index (κ1) is 13.3. The molecule has 106 valence electrons. The zero-order valence-electron chi connectivity index (χ0n) is 10.8. The van der Waals surface area contributed by atoms with Crippen molar-refractivity contribution in [2.24, 2.45) is 0 Å². The number of carboxylic acids is 1. The highest BCUT2D eigenvalue weighted by Gasteiger charge is 2.20. The number of anilines is 1. The largest absolute Gasteiger partial charge is 0.543 e. The number of hydrogen-bond acceptors (Lipinski definition) is 6. The molecule has 20 heavy (non-hydrogen) atoms. The molecule has 2 aromatic rings. The minimum absolute atomic E-state index is 0.0561. The number of aryl methyl sites for hydroxylation is 1.